The lowest BCUT2D eigenvalue weighted by atomic mass is 10.1. The monoisotopic (exact) mass is 360 g/mol. The maximum absolute atomic E-state index is 4.53. The Hall–Kier alpha value is -1.39. The molecule has 1 N–H and O–H groups in total. The van der Waals surface area contributed by atoms with Gasteiger partial charge in [-0.2, -0.15) is 0 Å². The highest BCUT2D eigenvalue weighted by atomic mass is 79.9. The third-order valence-corrected chi connectivity index (χ3v) is 4.99. The zero-order valence-corrected chi connectivity index (χ0v) is 14.7. The van der Waals surface area contributed by atoms with Gasteiger partial charge in [-0.3, -0.25) is 4.98 Å². The van der Waals surface area contributed by atoms with Crippen molar-refractivity contribution >= 4 is 43.2 Å². The number of nitrogens with zero attached hydrogens (tertiary/aromatic N) is 1. The average molecular weight is 361 g/mol. The van der Waals surface area contributed by atoms with E-state index in [1.165, 1.54) is 27.1 Å². The van der Waals surface area contributed by atoms with Gasteiger partial charge in [-0.15, -0.1) is 11.3 Å². The molecule has 0 aliphatic carbocycles. The molecule has 108 valence electrons. The maximum Gasteiger partial charge on any atom is 0.0809 e. The first kappa shape index (κ1) is 14.5. The van der Waals surface area contributed by atoms with Crippen LogP contribution in [0.3, 0.4) is 0 Å². The molecule has 1 unspecified atom stereocenters. The molecule has 3 aromatic rings. The van der Waals surface area contributed by atoms with Crippen LogP contribution in [0.15, 0.2) is 40.3 Å². The van der Waals surface area contributed by atoms with Crippen LogP contribution < -0.4 is 5.32 Å². The molecule has 21 heavy (non-hydrogen) atoms. The van der Waals surface area contributed by atoms with Crippen molar-refractivity contribution in [1.29, 1.82) is 0 Å². The summed E-state index contributed by atoms with van der Waals surface area (Å²) in [5, 5.41) is 5.71. The van der Waals surface area contributed by atoms with Crippen LogP contribution in [0.4, 0.5) is 5.69 Å². The molecule has 2 nitrogen and oxygen atoms in total. The van der Waals surface area contributed by atoms with Crippen LogP contribution in [-0.4, -0.2) is 4.98 Å². The van der Waals surface area contributed by atoms with E-state index in [1.807, 2.05) is 6.20 Å². The number of hydrogen-bond donors (Lipinski definition) is 1. The Kier molecular flexibility index (Phi) is 4.00. The summed E-state index contributed by atoms with van der Waals surface area (Å²) in [6, 6.07) is 8.80. The Labute approximate surface area is 137 Å². The summed E-state index contributed by atoms with van der Waals surface area (Å²) in [7, 11) is 0. The van der Waals surface area contributed by atoms with Crippen LogP contribution in [0, 0.1) is 13.8 Å². The van der Waals surface area contributed by atoms with E-state index in [9.17, 15) is 0 Å². The number of pyridine rings is 1. The molecule has 3 rings (SSSR count). The number of nitrogens with one attached hydrogen (secondary N) is 1. The molecule has 0 amide bonds. The number of thiophene rings is 1. The molecular weight excluding hydrogens is 344 g/mol. The van der Waals surface area contributed by atoms with Crippen molar-refractivity contribution in [3.63, 3.8) is 0 Å². The van der Waals surface area contributed by atoms with Gasteiger partial charge in [-0.05, 0) is 67.1 Å². The fourth-order valence-electron chi connectivity index (χ4n) is 2.54. The van der Waals surface area contributed by atoms with Crippen molar-refractivity contribution in [3.05, 3.63) is 57.0 Å². The summed E-state index contributed by atoms with van der Waals surface area (Å²) in [6.07, 6.45) is 1.97. The number of benzene rings is 1. The average Bonchev–Trinajstić information content (AvgIpc) is 2.89. The number of hydrogen-bond acceptors (Lipinski definition) is 3. The van der Waals surface area contributed by atoms with Gasteiger partial charge in [0.05, 0.1) is 16.3 Å². The third kappa shape index (κ3) is 2.97. The fourth-order valence-corrected chi connectivity index (χ4v) is 4.01. The van der Waals surface area contributed by atoms with E-state index in [1.54, 1.807) is 11.3 Å². The SMILES string of the molecule is Cc1cc(Br)cc(C)c1NC(C)c1cnc2ccsc2c1. The molecule has 0 fully saturated rings. The second-order valence-corrected chi connectivity index (χ2v) is 7.22. The second-order valence-electron chi connectivity index (χ2n) is 5.35. The van der Waals surface area contributed by atoms with E-state index in [-0.39, 0.29) is 6.04 Å². The zero-order chi connectivity index (χ0) is 15.0. The topological polar surface area (TPSA) is 24.9 Å². The van der Waals surface area contributed by atoms with Crippen LogP contribution in [0.2, 0.25) is 0 Å². The number of fused-ring (bicyclic) bond motifs is 1. The predicted molar refractivity (Wildman–Crippen MR) is 95.3 cm³/mol. The molecule has 0 bridgehead atoms. The molecule has 2 aromatic heterocycles. The Morgan fingerprint density at radius 2 is 1.90 bits per heavy atom. The van der Waals surface area contributed by atoms with E-state index < -0.39 is 0 Å². The number of anilines is 1. The Morgan fingerprint density at radius 3 is 2.62 bits per heavy atom. The van der Waals surface area contributed by atoms with Gasteiger partial charge >= 0.3 is 0 Å². The normalized spacial score (nSPS) is 12.6. The zero-order valence-electron chi connectivity index (χ0n) is 12.3. The van der Waals surface area contributed by atoms with Crippen molar-refractivity contribution in [2.45, 2.75) is 26.8 Å². The minimum atomic E-state index is 0.225. The van der Waals surface area contributed by atoms with Gasteiger partial charge in [0.1, 0.15) is 0 Å². The number of rotatable bonds is 3. The van der Waals surface area contributed by atoms with Gasteiger partial charge in [0, 0.05) is 16.4 Å². The number of halogens is 1. The Morgan fingerprint density at radius 1 is 1.19 bits per heavy atom. The fraction of sp³-hybridized carbons (Fsp3) is 0.235. The lowest BCUT2D eigenvalue weighted by Crippen LogP contribution is -2.09. The first-order valence-electron chi connectivity index (χ1n) is 6.91. The summed E-state index contributed by atoms with van der Waals surface area (Å²) in [6.45, 7) is 6.44. The van der Waals surface area contributed by atoms with Crippen molar-refractivity contribution in [3.8, 4) is 0 Å². The van der Waals surface area contributed by atoms with Gasteiger partial charge in [-0.1, -0.05) is 15.9 Å². The van der Waals surface area contributed by atoms with Crippen LogP contribution in [0.1, 0.15) is 29.7 Å². The van der Waals surface area contributed by atoms with E-state index in [0.717, 1.165) is 9.99 Å². The van der Waals surface area contributed by atoms with Crippen LogP contribution in [-0.2, 0) is 0 Å². The van der Waals surface area contributed by atoms with Crippen LogP contribution >= 0.6 is 27.3 Å². The van der Waals surface area contributed by atoms with E-state index in [4.69, 9.17) is 0 Å². The highest BCUT2D eigenvalue weighted by Crippen LogP contribution is 2.30. The molecule has 4 heteroatoms. The number of aryl methyl sites for hydroxylation is 2. The molecular formula is C17H17BrN2S. The van der Waals surface area contributed by atoms with E-state index >= 15 is 0 Å². The lowest BCUT2D eigenvalue weighted by Gasteiger charge is -2.19. The first-order valence-corrected chi connectivity index (χ1v) is 8.58. The highest BCUT2D eigenvalue weighted by molar-refractivity contribution is 9.10. The van der Waals surface area contributed by atoms with Crippen molar-refractivity contribution in [1.82, 2.24) is 4.98 Å². The number of aromatic nitrogens is 1. The van der Waals surface area contributed by atoms with Crippen molar-refractivity contribution in [2.24, 2.45) is 0 Å². The van der Waals surface area contributed by atoms with Crippen molar-refractivity contribution < 1.29 is 0 Å². The van der Waals surface area contributed by atoms with Gasteiger partial charge in [0.15, 0.2) is 0 Å². The maximum atomic E-state index is 4.53. The van der Waals surface area contributed by atoms with Crippen molar-refractivity contribution in [2.75, 3.05) is 5.32 Å². The predicted octanol–water partition coefficient (Wildman–Crippen LogP) is 5.85. The summed E-state index contributed by atoms with van der Waals surface area (Å²) < 4.78 is 2.36. The van der Waals surface area contributed by atoms with Gasteiger partial charge in [0.2, 0.25) is 0 Å². The Balaban J connectivity index is 1.90. The Bertz CT molecular complexity index is 771. The highest BCUT2D eigenvalue weighted by Gasteiger charge is 2.11. The summed E-state index contributed by atoms with van der Waals surface area (Å²) in [4.78, 5) is 4.53. The van der Waals surface area contributed by atoms with Gasteiger partial charge in [-0.25, -0.2) is 0 Å². The minimum Gasteiger partial charge on any atom is -0.378 e. The van der Waals surface area contributed by atoms with E-state index in [2.05, 4.69) is 76.6 Å². The minimum absolute atomic E-state index is 0.225. The third-order valence-electron chi connectivity index (χ3n) is 3.68. The molecule has 0 aliphatic rings. The molecule has 2 heterocycles. The molecule has 0 aliphatic heterocycles. The summed E-state index contributed by atoms with van der Waals surface area (Å²) in [5.41, 5.74) is 5.99. The molecule has 0 saturated carbocycles. The second kappa shape index (κ2) is 5.78. The summed E-state index contributed by atoms with van der Waals surface area (Å²) in [5.74, 6) is 0. The smallest absolute Gasteiger partial charge is 0.0809 e. The molecule has 0 saturated heterocycles. The molecule has 0 spiro atoms. The van der Waals surface area contributed by atoms with Gasteiger partial charge in [0.25, 0.3) is 0 Å². The molecule has 1 aromatic carbocycles. The van der Waals surface area contributed by atoms with E-state index in [0.29, 0.717) is 0 Å². The summed E-state index contributed by atoms with van der Waals surface area (Å²) >= 11 is 5.28. The molecule has 0 radical (unpaired) electrons. The largest absolute Gasteiger partial charge is 0.378 e. The van der Waals surface area contributed by atoms with Crippen LogP contribution in [0.25, 0.3) is 10.2 Å². The standard InChI is InChI=1S/C17H17BrN2S/c1-10-6-14(18)7-11(2)17(10)20-12(3)13-8-16-15(19-9-13)4-5-21-16/h4-9,12,20H,1-3H3. The lowest BCUT2D eigenvalue weighted by molar-refractivity contribution is 0.875. The molecule has 1 atom stereocenters. The van der Waals surface area contributed by atoms with Crippen LogP contribution in [0.5, 0.6) is 0 Å². The quantitative estimate of drug-likeness (QED) is 0.633. The first-order chi connectivity index (χ1) is 10.0. The van der Waals surface area contributed by atoms with Gasteiger partial charge < -0.3 is 5.32 Å².